The van der Waals surface area contributed by atoms with Gasteiger partial charge < -0.3 is 19.3 Å². The minimum Gasteiger partial charge on any atom is -0.497 e. The lowest BCUT2D eigenvalue weighted by Crippen LogP contribution is -2.18. The number of nitrogens with one attached hydrogen (secondary N) is 1. The largest absolute Gasteiger partial charge is 0.497 e. The maximum absolute atomic E-state index is 5.98. The molecule has 1 aromatic carbocycles. The fourth-order valence-electron chi connectivity index (χ4n) is 2.89. The second-order valence-corrected chi connectivity index (χ2v) is 6.31. The second kappa shape index (κ2) is 9.19. The van der Waals surface area contributed by atoms with E-state index in [1.165, 1.54) is 5.56 Å². The molecule has 0 unspecified atom stereocenters. The maximum Gasteiger partial charge on any atom is 0.137 e. The van der Waals surface area contributed by atoms with Crippen molar-refractivity contribution in [1.29, 1.82) is 0 Å². The standard InChI is InChI=1S/C21H25N3O3/c1-15-20(16(2)27-24-15)9-11-22-13-17-12-19(25-3)7-8-21(17)26-14-18-6-4-5-10-23-18/h4-8,10,12,22H,9,11,13-14H2,1-3H3. The van der Waals surface area contributed by atoms with E-state index >= 15 is 0 Å². The predicted molar refractivity (Wildman–Crippen MR) is 103 cm³/mol. The summed E-state index contributed by atoms with van der Waals surface area (Å²) in [5.41, 5.74) is 4.06. The molecule has 3 aromatic rings. The topological polar surface area (TPSA) is 69.4 Å². The van der Waals surface area contributed by atoms with Crippen LogP contribution in [0.4, 0.5) is 0 Å². The van der Waals surface area contributed by atoms with E-state index in [4.69, 9.17) is 14.0 Å². The van der Waals surface area contributed by atoms with Crippen LogP contribution >= 0.6 is 0 Å². The van der Waals surface area contributed by atoms with Crippen molar-refractivity contribution in [2.75, 3.05) is 13.7 Å². The number of benzene rings is 1. The van der Waals surface area contributed by atoms with Crippen LogP contribution in [-0.4, -0.2) is 23.8 Å². The zero-order valence-corrected chi connectivity index (χ0v) is 16.0. The van der Waals surface area contributed by atoms with Crippen LogP contribution in [0.1, 0.15) is 28.3 Å². The number of aromatic nitrogens is 2. The Morgan fingerprint density at radius 2 is 2.04 bits per heavy atom. The molecule has 0 aliphatic rings. The van der Waals surface area contributed by atoms with Crippen LogP contribution in [-0.2, 0) is 19.6 Å². The van der Waals surface area contributed by atoms with Crippen molar-refractivity contribution in [1.82, 2.24) is 15.5 Å². The Kier molecular flexibility index (Phi) is 6.44. The van der Waals surface area contributed by atoms with Gasteiger partial charge >= 0.3 is 0 Å². The van der Waals surface area contributed by atoms with Crippen LogP contribution in [0, 0.1) is 13.8 Å². The normalized spacial score (nSPS) is 10.8. The van der Waals surface area contributed by atoms with Crippen LogP contribution in [0.2, 0.25) is 0 Å². The molecule has 2 aromatic heterocycles. The van der Waals surface area contributed by atoms with Crippen molar-refractivity contribution in [3.8, 4) is 11.5 Å². The lowest BCUT2D eigenvalue weighted by Gasteiger charge is -2.13. The summed E-state index contributed by atoms with van der Waals surface area (Å²) in [5, 5.41) is 7.46. The van der Waals surface area contributed by atoms with Gasteiger partial charge in [0, 0.05) is 23.9 Å². The average Bonchev–Trinajstić information content (AvgIpc) is 3.02. The molecule has 2 heterocycles. The summed E-state index contributed by atoms with van der Waals surface area (Å²) in [6.45, 7) is 5.84. The van der Waals surface area contributed by atoms with E-state index < -0.39 is 0 Å². The highest BCUT2D eigenvalue weighted by Crippen LogP contribution is 2.25. The Morgan fingerprint density at radius 1 is 1.15 bits per heavy atom. The fraction of sp³-hybridized carbons (Fsp3) is 0.333. The number of hydrogen-bond acceptors (Lipinski definition) is 6. The molecule has 0 saturated heterocycles. The van der Waals surface area contributed by atoms with Gasteiger partial charge in [0.25, 0.3) is 0 Å². The molecule has 0 aliphatic carbocycles. The number of pyridine rings is 1. The van der Waals surface area contributed by atoms with E-state index in [0.717, 1.165) is 47.2 Å². The molecule has 0 atom stereocenters. The summed E-state index contributed by atoms with van der Waals surface area (Å²) in [4.78, 5) is 4.30. The Morgan fingerprint density at radius 3 is 2.74 bits per heavy atom. The maximum atomic E-state index is 5.98. The lowest BCUT2D eigenvalue weighted by molar-refractivity contribution is 0.296. The predicted octanol–water partition coefficient (Wildman–Crippen LogP) is 3.61. The van der Waals surface area contributed by atoms with Gasteiger partial charge in [-0.1, -0.05) is 11.2 Å². The number of methoxy groups -OCH3 is 1. The lowest BCUT2D eigenvalue weighted by atomic mass is 10.1. The molecule has 0 amide bonds. The van der Waals surface area contributed by atoms with Gasteiger partial charge in [-0.25, -0.2) is 0 Å². The van der Waals surface area contributed by atoms with Gasteiger partial charge in [0.05, 0.1) is 18.5 Å². The zero-order chi connectivity index (χ0) is 19.1. The molecule has 1 N–H and O–H groups in total. The van der Waals surface area contributed by atoms with Crippen molar-refractivity contribution in [2.45, 2.75) is 33.4 Å². The Labute approximate surface area is 159 Å². The summed E-state index contributed by atoms with van der Waals surface area (Å²) in [6.07, 6.45) is 2.64. The molecule has 0 saturated carbocycles. The molecule has 27 heavy (non-hydrogen) atoms. The third-order valence-electron chi connectivity index (χ3n) is 4.42. The molecule has 142 valence electrons. The van der Waals surface area contributed by atoms with Gasteiger partial charge in [0.1, 0.15) is 23.9 Å². The SMILES string of the molecule is COc1ccc(OCc2ccccn2)c(CNCCc2c(C)noc2C)c1. The molecular weight excluding hydrogens is 342 g/mol. The van der Waals surface area contributed by atoms with Gasteiger partial charge in [0.2, 0.25) is 0 Å². The number of ether oxygens (including phenoxy) is 2. The number of nitrogens with zero attached hydrogens (tertiary/aromatic N) is 2. The summed E-state index contributed by atoms with van der Waals surface area (Å²) in [5.74, 6) is 2.52. The summed E-state index contributed by atoms with van der Waals surface area (Å²) >= 11 is 0. The van der Waals surface area contributed by atoms with E-state index in [-0.39, 0.29) is 0 Å². The van der Waals surface area contributed by atoms with Crippen molar-refractivity contribution in [3.05, 3.63) is 70.9 Å². The molecule has 0 fully saturated rings. The first kappa shape index (κ1) is 18.9. The first-order chi connectivity index (χ1) is 13.2. The van der Waals surface area contributed by atoms with Crippen LogP contribution in [0.3, 0.4) is 0 Å². The molecule has 6 nitrogen and oxygen atoms in total. The highest BCUT2D eigenvalue weighted by molar-refractivity contribution is 5.40. The van der Waals surface area contributed by atoms with Gasteiger partial charge in [-0.05, 0) is 57.1 Å². The van der Waals surface area contributed by atoms with Gasteiger partial charge in [-0.3, -0.25) is 4.98 Å². The third kappa shape index (κ3) is 5.08. The Bertz CT molecular complexity index is 843. The van der Waals surface area contributed by atoms with Gasteiger partial charge in [0.15, 0.2) is 0 Å². The number of hydrogen-bond donors (Lipinski definition) is 1. The number of rotatable bonds is 9. The first-order valence-electron chi connectivity index (χ1n) is 8.99. The Hall–Kier alpha value is -2.86. The van der Waals surface area contributed by atoms with Crippen LogP contribution in [0.25, 0.3) is 0 Å². The van der Waals surface area contributed by atoms with Crippen molar-refractivity contribution >= 4 is 0 Å². The van der Waals surface area contributed by atoms with Crippen LogP contribution < -0.4 is 14.8 Å². The second-order valence-electron chi connectivity index (χ2n) is 6.31. The molecule has 3 rings (SSSR count). The molecule has 6 heteroatoms. The summed E-state index contributed by atoms with van der Waals surface area (Å²) in [6, 6.07) is 11.6. The first-order valence-corrected chi connectivity index (χ1v) is 8.99. The minimum atomic E-state index is 0.430. The fourth-order valence-corrected chi connectivity index (χ4v) is 2.89. The van der Waals surface area contributed by atoms with Crippen molar-refractivity contribution < 1.29 is 14.0 Å². The van der Waals surface area contributed by atoms with E-state index in [0.29, 0.717) is 13.2 Å². The molecular formula is C21H25N3O3. The van der Waals surface area contributed by atoms with Crippen LogP contribution in [0.15, 0.2) is 47.1 Å². The molecule has 0 spiro atoms. The van der Waals surface area contributed by atoms with E-state index in [9.17, 15) is 0 Å². The van der Waals surface area contributed by atoms with Crippen molar-refractivity contribution in [3.63, 3.8) is 0 Å². The average molecular weight is 367 g/mol. The van der Waals surface area contributed by atoms with Gasteiger partial charge in [-0.2, -0.15) is 0 Å². The molecule has 0 aliphatic heterocycles. The summed E-state index contributed by atoms with van der Waals surface area (Å²) < 4.78 is 16.5. The highest BCUT2D eigenvalue weighted by Gasteiger charge is 2.10. The van der Waals surface area contributed by atoms with Crippen molar-refractivity contribution in [2.24, 2.45) is 0 Å². The van der Waals surface area contributed by atoms with Gasteiger partial charge in [-0.15, -0.1) is 0 Å². The Balaban J connectivity index is 1.60. The highest BCUT2D eigenvalue weighted by atomic mass is 16.5. The minimum absolute atomic E-state index is 0.430. The van der Waals surface area contributed by atoms with Crippen LogP contribution in [0.5, 0.6) is 11.5 Å². The van der Waals surface area contributed by atoms with E-state index in [1.54, 1.807) is 13.3 Å². The molecule has 0 radical (unpaired) electrons. The zero-order valence-electron chi connectivity index (χ0n) is 16.0. The number of aryl methyl sites for hydroxylation is 2. The summed E-state index contributed by atoms with van der Waals surface area (Å²) in [7, 11) is 1.67. The smallest absolute Gasteiger partial charge is 0.137 e. The quantitative estimate of drug-likeness (QED) is 0.583. The van der Waals surface area contributed by atoms with E-state index in [1.807, 2.05) is 50.2 Å². The monoisotopic (exact) mass is 367 g/mol. The molecule has 0 bridgehead atoms. The third-order valence-corrected chi connectivity index (χ3v) is 4.42. The van der Waals surface area contributed by atoms with E-state index in [2.05, 4.69) is 15.5 Å².